The number of rotatable bonds is 10. The highest BCUT2D eigenvalue weighted by molar-refractivity contribution is 7.98. The maximum atomic E-state index is 3.48. The lowest BCUT2D eigenvalue weighted by molar-refractivity contribution is 0.344. The summed E-state index contributed by atoms with van der Waals surface area (Å²) >= 11 is 1.93. The molecule has 0 fully saturated rings. The lowest BCUT2D eigenvalue weighted by Crippen LogP contribution is -2.24. The first-order chi connectivity index (χ1) is 7.16. The van der Waals surface area contributed by atoms with Crippen molar-refractivity contribution in [2.24, 2.45) is 5.92 Å². The highest BCUT2D eigenvalue weighted by Crippen LogP contribution is 1.96. The van der Waals surface area contributed by atoms with Crippen LogP contribution in [0.1, 0.15) is 26.7 Å². The van der Waals surface area contributed by atoms with Crippen LogP contribution in [0.25, 0.3) is 0 Å². The molecule has 0 aliphatic carbocycles. The topological polar surface area (TPSA) is 15.3 Å². The molecule has 0 aliphatic rings. The van der Waals surface area contributed by atoms with E-state index in [9.17, 15) is 0 Å². The number of unbranched alkanes of at least 4 members (excludes halogenated alkanes) is 1. The Balaban J connectivity index is 3.09. The van der Waals surface area contributed by atoms with E-state index in [2.05, 4.69) is 37.4 Å². The van der Waals surface area contributed by atoms with Crippen molar-refractivity contribution in [2.45, 2.75) is 26.7 Å². The number of thioether (sulfide) groups is 1. The quantitative estimate of drug-likeness (QED) is 0.582. The van der Waals surface area contributed by atoms with Crippen molar-refractivity contribution in [1.82, 2.24) is 10.2 Å². The molecule has 0 bridgehead atoms. The lowest BCUT2D eigenvalue weighted by Gasteiger charge is -2.15. The van der Waals surface area contributed by atoms with Crippen LogP contribution in [-0.2, 0) is 0 Å². The van der Waals surface area contributed by atoms with Gasteiger partial charge in [-0.15, -0.1) is 0 Å². The van der Waals surface area contributed by atoms with Crippen molar-refractivity contribution < 1.29 is 0 Å². The summed E-state index contributed by atoms with van der Waals surface area (Å²) in [6.07, 6.45) is 4.79. The first-order valence-corrected chi connectivity index (χ1v) is 7.44. The molecule has 15 heavy (non-hydrogen) atoms. The zero-order valence-electron chi connectivity index (χ0n) is 10.9. The van der Waals surface area contributed by atoms with E-state index in [1.807, 2.05) is 11.8 Å². The van der Waals surface area contributed by atoms with E-state index in [1.165, 1.54) is 38.2 Å². The van der Waals surface area contributed by atoms with Crippen LogP contribution < -0.4 is 5.32 Å². The first kappa shape index (κ1) is 15.3. The van der Waals surface area contributed by atoms with Crippen molar-refractivity contribution in [1.29, 1.82) is 0 Å². The van der Waals surface area contributed by atoms with Crippen LogP contribution in [0.2, 0.25) is 0 Å². The molecule has 0 unspecified atom stereocenters. The van der Waals surface area contributed by atoms with Crippen LogP contribution >= 0.6 is 11.8 Å². The molecule has 0 spiro atoms. The number of nitrogens with one attached hydrogen (secondary N) is 1. The average Bonchev–Trinajstić information content (AvgIpc) is 2.19. The number of hydrogen-bond donors (Lipinski definition) is 1. The van der Waals surface area contributed by atoms with Crippen LogP contribution in [0.15, 0.2) is 0 Å². The van der Waals surface area contributed by atoms with E-state index < -0.39 is 0 Å². The Bertz CT molecular complexity index is 129. The Kier molecular flexibility index (Phi) is 11.0. The summed E-state index contributed by atoms with van der Waals surface area (Å²) < 4.78 is 0. The second-order valence-corrected chi connectivity index (χ2v) is 5.59. The summed E-state index contributed by atoms with van der Waals surface area (Å²) in [5, 5.41) is 3.48. The first-order valence-electron chi connectivity index (χ1n) is 6.05. The van der Waals surface area contributed by atoms with Crippen molar-refractivity contribution in [2.75, 3.05) is 45.2 Å². The summed E-state index contributed by atoms with van der Waals surface area (Å²) in [6.45, 7) is 9.30. The van der Waals surface area contributed by atoms with Crippen LogP contribution in [-0.4, -0.2) is 50.1 Å². The van der Waals surface area contributed by atoms with Gasteiger partial charge in [0, 0.05) is 12.3 Å². The van der Waals surface area contributed by atoms with E-state index in [4.69, 9.17) is 0 Å². The van der Waals surface area contributed by atoms with E-state index in [0.717, 1.165) is 12.5 Å². The summed E-state index contributed by atoms with van der Waals surface area (Å²) in [5.74, 6) is 2.02. The molecule has 0 aliphatic heterocycles. The third-order valence-electron chi connectivity index (χ3n) is 2.37. The van der Waals surface area contributed by atoms with Crippen LogP contribution in [0.4, 0.5) is 0 Å². The van der Waals surface area contributed by atoms with Crippen molar-refractivity contribution in [3.05, 3.63) is 0 Å². The molecule has 3 heteroatoms. The zero-order valence-corrected chi connectivity index (χ0v) is 11.7. The minimum Gasteiger partial charge on any atom is -0.316 e. The molecule has 0 heterocycles. The second-order valence-electron chi connectivity index (χ2n) is 4.60. The molecule has 0 rings (SSSR count). The molecule has 0 aromatic carbocycles. The van der Waals surface area contributed by atoms with E-state index >= 15 is 0 Å². The Morgan fingerprint density at radius 3 is 2.53 bits per heavy atom. The predicted octanol–water partition coefficient (Wildman–Crippen LogP) is 2.31. The summed E-state index contributed by atoms with van der Waals surface area (Å²) in [7, 11) is 2.22. The minimum atomic E-state index is 0.772. The van der Waals surface area contributed by atoms with Crippen LogP contribution in [0.3, 0.4) is 0 Å². The van der Waals surface area contributed by atoms with Gasteiger partial charge < -0.3 is 10.2 Å². The fourth-order valence-electron chi connectivity index (χ4n) is 1.38. The van der Waals surface area contributed by atoms with Gasteiger partial charge >= 0.3 is 0 Å². The maximum Gasteiger partial charge on any atom is 0.00692 e. The summed E-state index contributed by atoms with van der Waals surface area (Å²) in [4.78, 5) is 2.43. The molecule has 92 valence electrons. The van der Waals surface area contributed by atoms with Gasteiger partial charge in [-0.05, 0) is 51.7 Å². The molecule has 1 N–H and O–H groups in total. The molecule has 0 amide bonds. The van der Waals surface area contributed by atoms with Gasteiger partial charge in [0.05, 0.1) is 0 Å². The normalized spacial score (nSPS) is 11.6. The fraction of sp³-hybridized carbons (Fsp3) is 1.00. The van der Waals surface area contributed by atoms with Crippen LogP contribution in [0, 0.1) is 5.92 Å². The highest BCUT2D eigenvalue weighted by atomic mass is 32.2. The molecular formula is C12H28N2S. The number of nitrogens with zero attached hydrogens (tertiary/aromatic N) is 1. The van der Waals surface area contributed by atoms with Crippen molar-refractivity contribution >= 4 is 11.8 Å². The van der Waals surface area contributed by atoms with Crippen molar-refractivity contribution in [3.8, 4) is 0 Å². The monoisotopic (exact) mass is 232 g/mol. The second kappa shape index (κ2) is 10.8. The Labute approximate surface area is 100 Å². The molecule has 0 aromatic heterocycles. The third kappa shape index (κ3) is 12.2. The van der Waals surface area contributed by atoms with Crippen molar-refractivity contribution in [3.63, 3.8) is 0 Å². The fourth-order valence-corrected chi connectivity index (χ4v) is 1.88. The predicted molar refractivity (Wildman–Crippen MR) is 72.8 cm³/mol. The Hall–Kier alpha value is 0.270. The van der Waals surface area contributed by atoms with Gasteiger partial charge in [0.1, 0.15) is 0 Å². The van der Waals surface area contributed by atoms with E-state index in [1.54, 1.807) is 0 Å². The van der Waals surface area contributed by atoms with Gasteiger partial charge in [-0.25, -0.2) is 0 Å². The number of hydrogen-bond acceptors (Lipinski definition) is 3. The SMILES string of the molecule is CSCCN(C)CCCCNCC(C)C. The van der Waals surface area contributed by atoms with E-state index in [0.29, 0.717) is 0 Å². The molecular weight excluding hydrogens is 204 g/mol. The lowest BCUT2D eigenvalue weighted by atomic mass is 10.2. The largest absolute Gasteiger partial charge is 0.316 e. The average molecular weight is 232 g/mol. The van der Waals surface area contributed by atoms with Gasteiger partial charge in [0.25, 0.3) is 0 Å². The van der Waals surface area contributed by atoms with E-state index in [-0.39, 0.29) is 0 Å². The Morgan fingerprint density at radius 1 is 1.20 bits per heavy atom. The van der Waals surface area contributed by atoms with Gasteiger partial charge in [-0.1, -0.05) is 13.8 Å². The highest BCUT2D eigenvalue weighted by Gasteiger charge is 1.97. The smallest absolute Gasteiger partial charge is 0.00692 e. The van der Waals surface area contributed by atoms with Gasteiger partial charge in [-0.2, -0.15) is 11.8 Å². The molecule has 0 aromatic rings. The van der Waals surface area contributed by atoms with Crippen LogP contribution in [0.5, 0.6) is 0 Å². The molecule has 0 atom stereocenters. The maximum absolute atomic E-state index is 3.48. The molecule has 2 nitrogen and oxygen atoms in total. The zero-order chi connectivity index (χ0) is 11.5. The standard InChI is InChI=1S/C12H28N2S/c1-12(2)11-13-7-5-6-8-14(3)9-10-15-4/h12-13H,5-11H2,1-4H3. The summed E-state index contributed by atoms with van der Waals surface area (Å²) in [5.41, 5.74) is 0. The summed E-state index contributed by atoms with van der Waals surface area (Å²) in [6, 6.07) is 0. The minimum absolute atomic E-state index is 0.772. The third-order valence-corrected chi connectivity index (χ3v) is 2.96. The molecule has 0 saturated carbocycles. The molecule has 0 radical (unpaired) electrons. The van der Waals surface area contributed by atoms with Gasteiger partial charge in [-0.3, -0.25) is 0 Å². The van der Waals surface area contributed by atoms with Gasteiger partial charge in [0.15, 0.2) is 0 Å². The Morgan fingerprint density at radius 2 is 1.93 bits per heavy atom. The molecule has 0 saturated heterocycles. The van der Waals surface area contributed by atoms with Gasteiger partial charge in [0.2, 0.25) is 0 Å².